The van der Waals surface area contributed by atoms with Crippen LogP contribution in [0.5, 0.6) is 0 Å². The van der Waals surface area contributed by atoms with Crippen molar-refractivity contribution >= 4 is 23.4 Å². The summed E-state index contributed by atoms with van der Waals surface area (Å²) in [5.41, 5.74) is -4.35. The van der Waals surface area contributed by atoms with E-state index in [0.29, 0.717) is 0 Å². The number of carbonyl (C=O) groups is 2. The van der Waals surface area contributed by atoms with Crippen LogP contribution in [0.3, 0.4) is 0 Å². The lowest BCUT2D eigenvalue weighted by Gasteiger charge is -2.43. The molecule has 154 valence electrons. The number of amides is 2. The summed E-state index contributed by atoms with van der Waals surface area (Å²) in [6.45, 7) is -4.46. The summed E-state index contributed by atoms with van der Waals surface area (Å²) in [5, 5.41) is 1.75. The van der Waals surface area contributed by atoms with Crippen LogP contribution in [0.1, 0.15) is 51.1 Å². The predicted octanol–water partition coefficient (Wildman–Crippen LogP) is 2.68. The van der Waals surface area contributed by atoms with Crippen LogP contribution in [0.25, 0.3) is 0 Å². The van der Waals surface area contributed by atoms with Crippen molar-refractivity contribution < 1.29 is 39.9 Å². The van der Waals surface area contributed by atoms with Crippen LogP contribution in [0.2, 0.25) is 0 Å². The van der Waals surface area contributed by atoms with Crippen LogP contribution in [0, 0.1) is 5.82 Å². The van der Waals surface area contributed by atoms with Gasteiger partial charge in [0.1, 0.15) is 11.9 Å². The van der Waals surface area contributed by atoms with Gasteiger partial charge >= 0.3 is 6.09 Å². The Labute approximate surface area is 181 Å². The van der Waals surface area contributed by atoms with Gasteiger partial charge in [0, 0.05) is 19.9 Å². The first-order chi connectivity index (χ1) is 17.6. The van der Waals surface area contributed by atoms with Crippen molar-refractivity contribution in [3.8, 4) is 0 Å². The molecule has 1 aromatic carbocycles. The first-order valence-corrected chi connectivity index (χ1v) is 8.26. The summed E-state index contributed by atoms with van der Waals surface area (Å²) in [5.74, 6) is -2.81. The molecule has 1 aromatic rings. The van der Waals surface area contributed by atoms with Gasteiger partial charge in [0.2, 0.25) is 5.91 Å². The molecule has 2 saturated heterocycles. The lowest BCUT2D eigenvalue weighted by atomic mass is 10.0. The third-order valence-electron chi connectivity index (χ3n) is 3.63. The van der Waals surface area contributed by atoms with Crippen molar-refractivity contribution in [2.45, 2.75) is 58.4 Å². The molecule has 7 nitrogen and oxygen atoms in total. The zero-order valence-corrected chi connectivity index (χ0v) is 15.9. The molecule has 0 aliphatic carbocycles. The Morgan fingerprint density at radius 3 is 2.93 bits per heavy atom. The zero-order valence-electron chi connectivity index (χ0n) is 27.9. The number of benzene rings is 1. The lowest BCUT2D eigenvalue weighted by molar-refractivity contribution is -0.119. The van der Waals surface area contributed by atoms with Crippen molar-refractivity contribution in [2.75, 3.05) is 29.3 Å². The largest absolute Gasteiger partial charge is 0.442 e. The molecule has 0 spiro atoms. The molecule has 8 heteroatoms. The average molecular weight is 406 g/mol. The minimum atomic E-state index is -3.24. The van der Waals surface area contributed by atoms with Gasteiger partial charge in [-0.3, -0.25) is 9.69 Å². The van der Waals surface area contributed by atoms with E-state index in [9.17, 15) is 9.59 Å². The van der Waals surface area contributed by atoms with Crippen LogP contribution in [-0.4, -0.2) is 55.3 Å². The molecule has 0 aromatic heterocycles. The summed E-state index contributed by atoms with van der Waals surface area (Å²) >= 11 is 0. The molecule has 28 heavy (non-hydrogen) atoms. The second kappa shape index (κ2) is 7.58. The monoisotopic (exact) mass is 405 g/mol. The van der Waals surface area contributed by atoms with Crippen LogP contribution >= 0.6 is 0 Å². The number of morpholine rings is 1. The van der Waals surface area contributed by atoms with E-state index in [0.717, 1.165) is 34.6 Å². The molecule has 0 radical (unpaired) electrons. The highest BCUT2D eigenvalue weighted by molar-refractivity contribution is 5.91. The Bertz CT molecular complexity index is 1240. The fourth-order valence-corrected chi connectivity index (χ4v) is 2.59. The summed E-state index contributed by atoms with van der Waals surface area (Å²) in [6, 6.07) is -6.74. The second-order valence-corrected chi connectivity index (χ2v) is 6.54. The van der Waals surface area contributed by atoms with Crippen molar-refractivity contribution in [1.82, 2.24) is 5.32 Å². The SMILES string of the molecule is [2H]c1c([2H])c(N2C(=O)O[C@@]([2H])(C([2H])([2H])NC(C)=O)C2([2H])C)c([2H])c(F)c1N1C([2H])([2H])C([2H])(C)OC(C)(C)C1([2H])[2H]. The number of carbonyl (C=O) groups excluding carboxylic acids is 2. The van der Waals surface area contributed by atoms with E-state index < -0.39 is 90.6 Å². The molecular formula is C20H28FN3O4. The number of anilines is 2. The second-order valence-electron chi connectivity index (χ2n) is 6.54. The first kappa shape index (κ1) is 9.91. The highest BCUT2D eigenvalue weighted by Crippen LogP contribution is 2.33. The molecule has 3 atom stereocenters. The average Bonchev–Trinajstić information content (AvgIpc) is 2.92. The van der Waals surface area contributed by atoms with Crippen molar-refractivity contribution in [3.63, 3.8) is 0 Å². The molecule has 2 amide bonds. The number of nitrogens with zero attached hydrogens (tertiary/aromatic N) is 2. The van der Waals surface area contributed by atoms with Gasteiger partial charge < -0.3 is 19.7 Å². The van der Waals surface area contributed by atoms with Gasteiger partial charge in [0.25, 0.3) is 0 Å². The third kappa shape index (κ3) is 4.22. The van der Waals surface area contributed by atoms with Gasteiger partial charge in [-0.15, -0.1) is 0 Å². The molecule has 2 unspecified atom stereocenters. The number of nitrogens with one attached hydrogen (secondary N) is 1. The Morgan fingerprint density at radius 2 is 2.25 bits per heavy atom. The zero-order chi connectivity index (χ0) is 31.4. The number of hydrogen-bond donors (Lipinski definition) is 1. The smallest absolute Gasteiger partial charge is 0.415 e. The number of cyclic esters (lactones) is 1. The summed E-state index contributed by atoms with van der Waals surface area (Å²) in [7, 11) is 0. The Morgan fingerprint density at radius 1 is 1.54 bits per heavy atom. The van der Waals surface area contributed by atoms with E-state index in [1.807, 2.05) is 0 Å². The fraction of sp³-hybridized carbons (Fsp3) is 0.600. The standard InChI is InChI=1S/C20H28FN3O4/c1-12-10-23(11-20(4,5)28-12)17-7-6-15(8-16(17)21)24-13(2)18(27-19(24)26)9-22-14(3)25/h6-8,12-13,18H,9-11H2,1-5H3,(H,22,25)/t12?,13?,18-/m0/s1/i6D,7D,8D,9D2,10D2,11D2,12D,13D,18D. The lowest BCUT2D eigenvalue weighted by Crippen LogP contribution is -2.52. The number of hydrogen-bond acceptors (Lipinski definition) is 5. The van der Waals surface area contributed by atoms with E-state index >= 15 is 4.39 Å². The molecule has 0 bridgehead atoms. The van der Waals surface area contributed by atoms with Gasteiger partial charge in [-0.05, 0) is 45.8 Å². The van der Waals surface area contributed by atoms with Crippen molar-refractivity contribution in [1.29, 1.82) is 0 Å². The fourth-order valence-electron chi connectivity index (χ4n) is 2.59. The summed E-state index contributed by atoms with van der Waals surface area (Å²) in [4.78, 5) is 24.6. The summed E-state index contributed by atoms with van der Waals surface area (Å²) in [6.07, 6.45) is -7.48. The maximum atomic E-state index is 16.0. The van der Waals surface area contributed by atoms with Gasteiger partial charge in [0.15, 0.2) is 0 Å². The molecule has 1 N–H and O–H groups in total. The van der Waals surface area contributed by atoms with Crippen LogP contribution in [0.4, 0.5) is 20.6 Å². The molecule has 3 rings (SSSR count). The third-order valence-corrected chi connectivity index (χ3v) is 3.63. The molecule has 2 aliphatic heterocycles. The highest BCUT2D eigenvalue weighted by atomic mass is 19.1. The van der Waals surface area contributed by atoms with Crippen LogP contribution in [0.15, 0.2) is 18.1 Å². The Balaban J connectivity index is 2.32. The van der Waals surface area contributed by atoms with Gasteiger partial charge in [0.05, 0.1) is 52.0 Å². The maximum Gasteiger partial charge on any atom is 0.415 e. The van der Waals surface area contributed by atoms with Gasteiger partial charge in [-0.1, -0.05) is 0 Å². The van der Waals surface area contributed by atoms with E-state index in [-0.39, 0.29) is 9.80 Å². The molecular weight excluding hydrogens is 365 g/mol. The van der Waals surface area contributed by atoms with Crippen LogP contribution in [-0.2, 0) is 14.3 Å². The minimum absolute atomic E-state index is 0.0936. The van der Waals surface area contributed by atoms with E-state index in [1.165, 1.54) is 0 Å². The topological polar surface area (TPSA) is 71.1 Å². The molecule has 0 saturated carbocycles. The maximum absolute atomic E-state index is 16.0. The Kier molecular flexibility index (Phi) is 2.68. The number of halogens is 1. The highest BCUT2D eigenvalue weighted by Gasteiger charge is 2.40. The van der Waals surface area contributed by atoms with Gasteiger partial charge in [-0.25, -0.2) is 9.18 Å². The Hall–Kier alpha value is -2.35. The molecule has 2 heterocycles. The van der Waals surface area contributed by atoms with Gasteiger partial charge in [-0.2, -0.15) is 0 Å². The van der Waals surface area contributed by atoms with Crippen molar-refractivity contribution in [3.05, 3.63) is 23.9 Å². The van der Waals surface area contributed by atoms with Crippen LogP contribution < -0.4 is 15.1 Å². The van der Waals surface area contributed by atoms with Crippen molar-refractivity contribution in [2.24, 2.45) is 0 Å². The number of ether oxygens (including phenoxy) is 2. The summed E-state index contributed by atoms with van der Waals surface area (Å²) < 4.78 is 127. The quantitative estimate of drug-likeness (QED) is 0.834. The molecule has 2 fully saturated rings. The minimum Gasteiger partial charge on any atom is -0.442 e. The molecule has 2 aliphatic rings. The number of rotatable bonds is 4. The van der Waals surface area contributed by atoms with E-state index in [1.54, 1.807) is 5.32 Å². The predicted molar refractivity (Wildman–Crippen MR) is 104 cm³/mol. The first-order valence-electron chi connectivity index (χ1n) is 14.3. The van der Waals surface area contributed by atoms with E-state index in [2.05, 4.69) is 0 Å². The normalized spacial score (nSPS) is 45.1. The van der Waals surface area contributed by atoms with E-state index in [4.69, 9.17) is 25.9 Å².